The molecule has 0 fully saturated rings. The minimum Gasteiger partial charge on any atom is -0.489 e. The Morgan fingerprint density at radius 1 is 0.824 bits per heavy atom. The molecule has 1 heteroatoms. The summed E-state index contributed by atoms with van der Waals surface area (Å²) in [6.45, 7) is 2.78. The molecule has 0 saturated heterocycles. The van der Waals surface area contributed by atoms with Crippen molar-refractivity contribution in [3.05, 3.63) is 65.7 Å². The first-order chi connectivity index (χ1) is 7.88. The van der Waals surface area contributed by atoms with Gasteiger partial charge in [0.2, 0.25) is 0 Å². The molecule has 2 aromatic carbocycles. The van der Waals surface area contributed by atoms with Gasteiger partial charge in [0.1, 0.15) is 12.4 Å². The van der Waals surface area contributed by atoms with Crippen LogP contribution in [0.3, 0.4) is 0 Å². The number of ether oxygens (including phenoxy) is 1. The van der Waals surface area contributed by atoms with E-state index in [4.69, 9.17) is 4.74 Å². The molecule has 17 heavy (non-hydrogen) atoms. The Labute approximate surface area is 104 Å². The van der Waals surface area contributed by atoms with E-state index in [2.05, 4.69) is 31.2 Å². The van der Waals surface area contributed by atoms with Crippen LogP contribution in [0, 0.1) is 0 Å². The first-order valence-corrected chi connectivity index (χ1v) is 5.64. The highest BCUT2D eigenvalue weighted by molar-refractivity contribution is 5.27. The molecule has 0 atom stereocenters. The van der Waals surface area contributed by atoms with Crippen molar-refractivity contribution in [2.24, 2.45) is 0 Å². The van der Waals surface area contributed by atoms with E-state index in [-0.39, 0.29) is 7.43 Å². The molecule has 0 saturated carbocycles. The second kappa shape index (κ2) is 6.74. The topological polar surface area (TPSA) is 9.23 Å². The van der Waals surface area contributed by atoms with Crippen LogP contribution in [0.4, 0.5) is 0 Å². The van der Waals surface area contributed by atoms with Gasteiger partial charge in [-0.15, -0.1) is 0 Å². The predicted octanol–water partition coefficient (Wildman–Crippen LogP) is 4.46. The Kier molecular flexibility index (Phi) is 5.28. The number of hydrogen-bond acceptors (Lipinski definition) is 1. The second-order valence-corrected chi connectivity index (χ2v) is 3.77. The first kappa shape index (κ1) is 13.3. The van der Waals surface area contributed by atoms with Gasteiger partial charge in [0.05, 0.1) is 0 Å². The summed E-state index contributed by atoms with van der Waals surface area (Å²) in [4.78, 5) is 0. The molecule has 2 rings (SSSR count). The normalized spacial score (nSPS) is 9.47. The fraction of sp³-hybridized carbons (Fsp3) is 0.250. The Morgan fingerprint density at radius 2 is 1.47 bits per heavy atom. The third-order valence-electron chi connectivity index (χ3n) is 2.58. The molecule has 0 aliphatic carbocycles. The van der Waals surface area contributed by atoms with Gasteiger partial charge >= 0.3 is 0 Å². The van der Waals surface area contributed by atoms with Gasteiger partial charge in [-0.1, -0.05) is 56.8 Å². The summed E-state index contributed by atoms with van der Waals surface area (Å²) in [6.07, 6.45) is 1.07. The molecule has 0 aliphatic heterocycles. The molecule has 0 aromatic heterocycles. The second-order valence-electron chi connectivity index (χ2n) is 3.77. The zero-order chi connectivity index (χ0) is 11.2. The minimum absolute atomic E-state index is 0. The maximum atomic E-state index is 5.69. The van der Waals surface area contributed by atoms with Gasteiger partial charge in [-0.05, 0) is 29.7 Å². The molecule has 0 bridgehead atoms. The number of hydrogen-bond donors (Lipinski definition) is 0. The lowest BCUT2D eigenvalue weighted by Crippen LogP contribution is -1.94. The zero-order valence-corrected chi connectivity index (χ0v) is 9.52. The summed E-state index contributed by atoms with van der Waals surface area (Å²) in [5.74, 6) is 0.932. The van der Waals surface area contributed by atoms with Crippen LogP contribution in [-0.4, -0.2) is 0 Å². The SMILES string of the molecule is C.CCc1ccc(OCc2ccccc2)cc1. The molecule has 0 N–H and O–H groups in total. The highest BCUT2D eigenvalue weighted by Crippen LogP contribution is 2.14. The summed E-state index contributed by atoms with van der Waals surface area (Å²) >= 11 is 0. The average molecular weight is 228 g/mol. The summed E-state index contributed by atoms with van der Waals surface area (Å²) in [7, 11) is 0. The maximum Gasteiger partial charge on any atom is 0.119 e. The molecular formula is C16H20O. The van der Waals surface area contributed by atoms with Crippen molar-refractivity contribution >= 4 is 0 Å². The van der Waals surface area contributed by atoms with Gasteiger partial charge in [0.25, 0.3) is 0 Å². The number of benzene rings is 2. The smallest absolute Gasteiger partial charge is 0.119 e. The molecule has 0 amide bonds. The Bertz CT molecular complexity index is 417. The fourth-order valence-corrected chi connectivity index (χ4v) is 1.56. The number of rotatable bonds is 4. The van der Waals surface area contributed by atoms with E-state index in [1.165, 1.54) is 11.1 Å². The molecule has 0 spiro atoms. The largest absolute Gasteiger partial charge is 0.489 e. The Morgan fingerprint density at radius 3 is 2.06 bits per heavy atom. The monoisotopic (exact) mass is 228 g/mol. The van der Waals surface area contributed by atoms with Gasteiger partial charge in [0, 0.05) is 0 Å². The Hall–Kier alpha value is -1.76. The van der Waals surface area contributed by atoms with E-state index in [1.54, 1.807) is 0 Å². The molecule has 0 aliphatic rings. The van der Waals surface area contributed by atoms with E-state index in [0.29, 0.717) is 6.61 Å². The molecule has 0 radical (unpaired) electrons. The van der Waals surface area contributed by atoms with E-state index in [0.717, 1.165) is 12.2 Å². The molecule has 90 valence electrons. The highest BCUT2D eigenvalue weighted by Gasteiger charge is 1.95. The van der Waals surface area contributed by atoms with E-state index in [1.807, 2.05) is 30.3 Å². The highest BCUT2D eigenvalue weighted by atomic mass is 16.5. The lowest BCUT2D eigenvalue weighted by molar-refractivity contribution is 0.306. The van der Waals surface area contributed by atoms with Crippen molar-refractivity contribution in [1.82, 2.24) is 0 Å². The van der Waals surface area contributed by atoms with Gasteiger partial charge < -0.3 is 4.74 Å². The van der Waals surface area contributed by atoms with Crippen LogP contribution in [0.5, 0.6) is 5.75 Å². The third kappa shape index (κ3) is 3.95. The van der Waals surface area contributed by atoms with E-state index in [9.17, 15) is 0 Å². The van der Waals surface area contributed by atoms with Crippen LogP contribution in [0.25, 0.3) is 0 Å². The van der Waals surface area contributed by atoms with Crippen LogP contribution in [-0.2, 0) is 13.0 Å². The van der Waals surface area contributed by atoms with E-state index < -0.39 is 0 Å². The van der Waals surface area contributed by atoms with Crippen molar-refractivity contribution < 1.29 is 4.74 Å². The van der Waals surface area contributed by atoms with Gasteiger partial charge in [0.15, 0.2) is 0 Å². The molecule has 0 unspecified atom stereocenters. The van der Waals surface area contributed by atoms with Crippen molar-refractivity contribution in [2.75, 3.05) is 0 Å². The van der Waals surface area contributed by atoms with Crippen molar-refractivity contribution in [3.8, 4) is 5.75 Å². The summed E-state index contributed by atoms with van der Waals surface area (Å²) < 4.78 is 5.69. The first-order valence-electron chi connectivity index (χ1n) is 5.64. The van der Waals surface area contributed by atoms with E-state index >= 15 is 0 Å². The van der Waals surface area contributed by atoms with Crippen LogP contribution >= 0.6 is 0 Å². The maximum absolute atomic E-state index is 5.69. The van der Waals surface area contributed by atoms with Crippen LogP contribution in [0.15, 0.2) is 54.6 Å². The molecule has 1 nitrogen and oxygen atoms in total. The van der Waals surface area contributed by atoms with Crippen LogP contribution in [0.2, 0.25) is 0 Å². The third-order valence-corrected chi connectivity index (χ3v) is 2.58. The summed E-state index contributed by atoms with van der Waals surface area (Å²) in [5, 5.41) is 0. The number of aryl methyl sites for hydroxylation is 1. The van der Waals surface area contributed by atoms with Crippen LogP contribution < -0.4 is 4.74 Å². The molecular weight excluding hydrogens is 208 g/mol. The van der Waals surface area contributed by atoms with Crippen LogP contribution in [0.1, 0.15) is 25.5 Å². The Balaban J connectivity index is 0.00000144. The quantitative estimate of drug-likeness (QED) is 0.750. The molecule has 2 aromatic rings. The standard InChI is InChI=1S/C15H16O.CH4/c1-2-13-8-10-15(11-9-13)16-12-14-6-4-3-5-7-14;/h3-11H,2,12H2,1H3;1H4. The van der Waals surface area contributed by atoms with Gasteiger partial charge in [-0.25, -0.2) is 0 Å². The van der Waals surface area contributed by atoms with Crippen molar-refractivity contribution in [2.45, 2.75) is 27.4 Å². The zero-order valence-electron chi connectivity index (χ0n) is 9.52. The fourth-order valence-electron chi connectivity index (χ4n) is 1.56. The van der Waals surface area contributed by atoms with Gasteiger partial charge in [-0.3, -0.25) is 0 Å². The predicted molar refractivity (Wildman–Crippen MR) is 73.3 cm³/mol. The van der Waals surface area contributed by atoms with Crippen molar-refractivity contribution in [3.63, 3.8) is 0 Å². The van der Waals surface area contributed by atoms with Gasteiger partial charge in [-0.2, -0.15) is 0 Å². The summed E-state index contributed by atoms with van der Waals surface area (Å²) in [6, 6.07) is 18.5. The summed E-state index contributed by atoms with van der Waals surface area (Å²) in [5.41, 5.74) is 2.54. The van der Waals surface area contributed by atoms with Crippen molar-refractivity contribution in [1.29, 1.82) is 0 Å². The minimum atomic E-state index is 0. The average Bonchev–Trinajstić information content (AvgIpc) is 2.38. The lowest BCUT2D eigenvalue weighted by atomic mass is 10.2. The molecule has 0 heterocycles. The lowest BCUT2D eigenvalue weighted by Gasteiger charge is -2.06.